The minimum Gasteiger partial charge on any atom is -0.438 e. The minimum absolute atomic E-state index is 0.235. The molecule has 0 saturated carbocycles. The van der Waals surface area contributed by atoms with Gasteiger partial charge in [0.1, 0.15) is 11.4 Å². The standard InChI is InChI=1S/C15H8F3N3O4/c16-15(17,18)12-6-8(14(22)25-21-23)7-13(20-12)24-11-3-1-2-10-9(11)4-5-19-10/h1-7,19H. The molecule has 1 N–H and O–H groups in total. The molecule has 3 rings (SSSR count). The maximum Gasteiger partial charge on any atom is 0.433 e. The van der Waals surface area contributed by atoms with Crippen molar-refractivity contribution in [3.63, 3.8) is 0 Å². The predicted molar refractivity (Wildman–Crippen MR) is 78.8 cm³/mol. The molecule has 0 bridgehead atoms. The summed E-state index contributed by atoms with van der Waals surface area (Å²) in [7, 11) is 0. The van der Waals surface area contributed by atoms with Crippen molar-refractivity contribution in [2.75, 3.05) is 0 Å². The van der Waals surface area contributed by atoms with Crippen LogP contribution >= 0.6 is 0 Å². The topological polar surface area (TPSA) is 93.6 Å². The van der Waals surface area contributed by atoms with Gasteiger partial charge in [0, 0.05) is 23.2 Å². The lowest BCUT2D eigenvalue weighted by atomic mass is 10.2. The summed E-state index contributed by atoms with van der Waals surface area (Å²) >= 11 is 0. The van der Waals surface area contributed by atoms with Crippen molar-refractivity contribution in [3.05, 3.63) is 58.8 Å². The number of benzene rings is 1. The van der Waals surface area contributed by atoms with E-state index in [2.05, 4.69) is 14.8 Å². The SMILES string of the molecule is O=NOC(=O)c1cc(Oc2cccc3[nH]ccc23)nc(C(F)(F)F)c1. The smallest absolute Gasteiger partial charge is 0.433 e. The Morgan fingerprint density at radius 2 is 2.00 bits per heavy atom. The highest BCUT2D eigenvalue weighted by molar-refractivity contribution is 5.90. The number of rotatable bonds is 4. The van der Waals surface area contributed by atoms with Crippen molar-refractivity contribution in [2.45, 2.75) is 6.18 Å². The van der Waals surface area contributed by atoms with Crippen LogP contribution in [0.25, 0.3) is 10.9 Å². The van der Waals surface area contributed by atoms with E-state index in [1.54, 1.807) is 24.4 Å². The average Bonchev–Trinajstić information content (AvgIpc) is 3.04. The van der Waals surface area contributed by atoms with E-state index < -0.39 is 29.3 Å². The van der Waals surface area contributed by atoms with E-state index in [-0.39, 0.29) is 5.75 Å². The maximum atomic E-state index is 13.0. The molecule has 0 saturated heterocycles. The van der Waals surface area contributed by atoms with Crippen LogP contribution in [0.3, 0.4) is 0 Å². The zero-order valence-corrected chi connectivity index (χ0v) is 12.2. The van der Waals surface area contributed by atoms with Gasteiger partial charge in [-0.15, -0.1) is 4.91 Å². The molecule has 2 heterocycles. The number of fused-ring (bicyclic) bond motifs is 1. The second-order valence-electron chi connectivity index (χ2n) is 4.83. The van der Waals surface area contributed by atoms with Crippen LogP contribution in [0.4, 0.5) is 13.2 Å². The summed E-state index contributed by atoms with van der Waals surface area (Å²) in [6.45, 7) is 0. The summed E-state index contributed by atoms with van der Waals surface area (Å²) in [6.07, 6.45) is -3.20. The summed E-state index contributed by atoms with van der Waals surface area (Å²) < 4.78 is 44.3. The summed E-state index contributed by atoms with van der Waals surface area (Å²) in [5.74, 6) is -1.60. The Morgan fingerprint density at radius 3 is 2.72 bits per heavy atom. The fraction of sp³-hybridized carbons (Fsp3) is 0.0667. The molecule has 3 aromatic rings. The Hall–Kier alpha value is -3.43. The van der Waals surface area contributed by atoms with Crippen molar-refractivity contribution in [1.29, 1.82) is 0 Å². The molecule has 0 aliphatic heterocycles. The van der Waals surface area contributed by atoms with Gasteiger partial charge < -0.3 is 9.72 Å². The highest BCUT2D eigenvalue weighted by Gasteiger charge is 2.34. The predicted octanol–water partition coefficient (Wildman–Crippen LogP) is 4.21. The van der Waals surface area contributed by atoms with Crippen molar-refractivity contribution in [2.24, 2.45) is 5.34 Å². The molecule has 128 valence electrons. The quantitative estimate of drug-likeness (QED) is 0.561. The Balaban J connectivity index is 2.05. The van der Waals surface area contributed by atoms with E-state index in [1.165, 1.54) is 6.07 Å². The van der Waals surface area contributed by atoms with Crippen LogP contribution in [0.1, 0.15) is 16.1 Å². The number of alkyl halides is 3. The molecule has 0 fully saturated rings. The number of H-pyrrole nitrogens is 1. The molecule has 0 aliphatic rings. The number of hydrogen-bond donors (Lipinski definition) is 1. The summed E-state index contributed by atoms with van der Waals surface area (Å²) in [5.41, 5.74) is -1.24. The van der Waals surface area contributed by atoms with Crippen LogP contribution in [0.15, 0.2) is 47.9 Å². The number of hydrogen-bond acceptors (Lipinski definition) is 6. The van der Waals surface area contributed by atoms with Gasteiger partial charge in [0.15, 0.2) is 5.34 Å². The van der Waals surface area contributed by atoms with Crippen LogP contribution in [0.5, 0.6) is 11.6 Å². The molecule has 2 aromatic heterocycles. The summed E-state index contributed by atoms with van der Waals surface area (Å²) in [4.78, 5) is 31.6. The largest absolute Gasteiger partial charge is 0.438 e. The molecular formula is C15H8F3N3O4. The average molecular weight is 351 g/mol. The number of carbonyl (C=O) groups is 1. The normalized spacial score (nSPS) is 11.3. The van der Waals surface area contributed by atoms with Gasteiger partial charge in [-0.3, -0.25) is 4.84 Å². The van der Waals surface area contributed by atoms with Gasteiger partial charge in [-0.1, -0.05) is 6.07 Å². The molecule has 0 radical (unpaired) electrons. The number of nitrogens with zero attached hydrogens (tertiary/aromatic N) is 2. The van der Waals surface area contributed by atoms with Crippen LogP contribution in [0, 0.1) is 4.91 Å². The molecule has 0 spiro atoms. The Labute approximate surface area is 137 Å². The van der Waals surface area contributed by atoms with Gasteiger partial charge >= 0.3 is 12.1 Å². The number of pyridine rings is 1. The van der Waals surface area contributed by atoms with E-state index in [4.69, 9.17) is 4.74 Å². The van der Waals surface area contributed by atoms with E-state index >= 15 is 0 Å². The molecule has 0 amide bonds. The maximum absolute atomic E-state index is 13.0. The lowest BCUT2D eigenvalue weighted by Gasteiger charge is -2.11. The molecule has 1 aromatic carbocycles. The van der Waals surface area contributed by atoms with E-state index in [1.807, 2.05) is 5.34 Å². The van der Waals surface area contributed by atoms with E-state index in [9.17, 15) is 22.9 Å². The second-order valence-corrected chi connectivity index (χ2v) is 4.83. The first-order valence-electron chi connectivity index (χ1n) is 6.76. The van der Waals surface area contributed by atoms with Crippen molar-refractivity contribution >= 4 is 16.9 Å². The third-order valence-corrected chi connectivity index (χ3v) is 3.22. The summed E-state index contributed by atoms with van der Waals surface area (Å²) in [5, 5.41) is 2.52. The van der Waals surface area contributed by atoms with Crippen LogP contribution < -0.4 is 4.74 Å². The van der Waals surface area contributed by atoms with Gasteiger partial charge in [0.25, 0.3) is 0 Å². The molecule has 7 nitrogen and oxygen atoms in total. The Kier molecular flexibility index (Phi) is 4.09. The van der Waals surface area contributed by atoms with Crippen LogP contribution in [-0.4, -0.2) is 15.9 Å². The summed E-state index contributed by atoms with van der Waals surface area (Å²) in [6, 6.07) is 7.95. The zero-order chi connectivity index (χ0) is 18.0. The highest BCUT2D eigenvalue weighted by Crippen LogP contribution is 2.33. The van der Waals surface area contributed by atoms with E-state index in [0.717, 1.165) is 6.07 Å². The number of aromatic amines is 1. The highest BCUT2D eigenvalue weighted by atomic mass is 19.4. The molecule has 0 aliphatic carbocycles. The lowest BCUT2D eigenvalue weighted by molar-refractivity contribution is -0.141. The fourth-order valence-electron chi connectivity index (χ4n) is 2.17. The second kappa shape index (κ2) is 6.23. The van der Waals surface area contributed by atoms with Crippen molar-refractivity contribution in [1.82, 2.24) is 9.97 Å². The van der Waals surface area contributed by atoms with Crippen LogP contribution in [-0.2, 0) is 11.0 Å². The number of halogens is 3. The molecule has 25 heavy (non-hydrogen) atoms. The molecule has 0 unspecified atom stereocenters. The van der Waals surface area contributed by atoms with Crippen LogP contribution in [0.2, 0.25) is 0 Å². The third kappa shape index (κ3) is 3.42. The van der Waals surface area contributed by atoms with Crippen molar-refractivity contribution in [3.8, 4) is 11.6 Å². The number of carbonyl (C=O) groups excluding carboxylic acids is 1. The monoisotopic (exact) mass is 351 g/mol. The van der Waals surface area contributed by atoms with Gasteiger partial charge in [0.05, 0.1) is 5.56 Å². The zero-order valence-electron chi connectivity index (χ0n) is 12.2. The number of ether oxygens (including phenoxy) is 1. The first kappa shape index (κ1) is 16.4. The number of nitrogens with one attached hydrogen (secondary N) is 1. The molecule has 10 heteroatoms. The van der Waals surface area contributed by atoms with Gasteiger partial charge in [-0.05, 0) is 24.3 Å². The first-order valence-corrected chi connectivity index (χ1v) is 6.76. The first-order chi connectivity index (χ1) is 11.9. The Morgan fingerprint density at radius 1 is 1.20 bits per heavy atom. The minimum atomic E-state index is -4.83. The molecule has 0 atom stereocenters. The third-order valence-electron chi connectivity index (χ3n) is 3.22. The van der Waals surface area contributed by atoms with E-state index in [0.29, 0.717) is 17.0 Å². The Bertz CT molecular complexity index is 953. The van der Waals surface area contributed by atoms with Gasteiger partial charge in [0.2, 0.25) is 5.88 Å². The van der Waals surface area contributed by atoms with Gasteiger partial charge in [-0.2, -0.15) is 13.2 Å². The number of aromatic nitrogens is 2. The fourth-order valence-corrected chi connectivity index (χ4v) is 2.17. The molecular weight excluding hydrogens is 343 g/mol. The van der Waals surface area contributed by atoms with Crippen molar-refractivity contribution < 1.29 is 27.5 Å². The lowest BCUT2D eigenvalue weighted by Crippen LogP contribution is -2.11. The van der Waals surface area contributed by atoms with Gasteiger partial charge in [-0.25, -0.2) is 9.78 Å².